The van der Waals surface area contributed by atoms with Crippen LogP contribution in [0.3, 0.4) is 0 Å². The fourth-order valence-corrected chi connectivity index (χ4v) is 3.78. The Labute approximate surface area is 178 Å². The fourth-order valence-electron chi connectivity index (χ4n) is 3.78. The monoisotopic (exact) mass is 428 g/mol. The number of aliphatic hydroxyl groups is 1. The number of nitrogens with two attached hydrogens (primary N) is 1. The standard InChI is InChI=1S/C21H24N4O6/c1-21(19-29-9-10-30-19)18(26)17(15-11-14(25(27)28)7-8-16(15)31-21)24-20(22)23-12-13-5-3-2-4-6-13/h2-8,11,17-19,26H,9-10,12H2,1H3,(H3,22,23,24). The molecule has 2 heterocycles. The van der Waals surface area contributed by atoms with Crippen molar-refractivity contribution in [2.45, 2.75) is 37.5 Å². The van der Waals surface area contributed by atoms with Gasteiger partial charge in [0.2, 0.25) is 0 Å². The summed E-state index contributed by atoms with van der Waals surface area (Å²) in [6, 6.07) is 12.9. The van der Waals surface area contributed by atoms with Gasteiger partial charge in [-0.15, -0.1) is 0 Å². The second-order valence-electron chi connectivity index (χ2n) is 7.59. The van der Waals surface area contributed by atoms with Crippen LogP contribution in [0.1, 0.15) is 24.1 Å². The minimum atomic E-state index is -1.27. The molecule has 1 saturated heterocycles. The van der Waals surface area contributed by atoms with Gasteiger partial charge in [0.15, 0.2) is 17.9 Å². The first-order chi connectivity index (χ1) is 14.9. The zero-order chi connectivity index (χ0) is 22.0. The number of aliphatic imine (C=N–C) groups is 1. The summed E-state index contributed by atoms with van der Waals surface area (Å²) < 4.78 is 17.2. The van der Waals surface area contributed by atoms with Crippen LogP contribution in [-0.4, -0.2) is 47.2 Å². The van der Waals surface area contributed by atoms with Gasteiger partial charge in [0.05, 0.1) is 30.7 Å². The van der Waals surface area contributed by atoms with Crippen molar-refractivity contribution in [2.24, 2.45) is 10.7 Å². The highest BCUT2D eigenvalue weighted by Gasteiger charge is 2.54. The maximum atomic E-state index is 11.3. The van der Waals surface area contributed by atoms with Crippen LogP contribution in [0.15, 0.2) is 53.5 Å². The third-order valence-corrected chi connectivity index (χ3v) is 5.44. The van der Waals surface area contributed by atoms with Crippen molar-refractivity contribution in [3.05, 3.63) is 69.8 Å². The van der Waals surface area contributed by atoms with Gasteiger partial charge in [-0.25, -0.2) is 4.99 Å². The Morgan fingerprint density at radius 2 is 2.00 bits per heavy atom. The predicted molar refractivity (Wildman–Crippen MR) is 111 cm³/mol. The van der Waals surface area contributed by atoms with E-state index in [4.69, 9.17) is 19.9 Å². The molecule has 0 aromatic heterocycles. The Morgan fingerprint density at radius 3 is 2.68 bits per heavy atom. The number of guanidine groups is 1. The molecule has 2 aromatic rings. The lowest BCUT2D eigenvalue weighted by Crippen LogP contribution is -2.62. The van der Waals surface area contributed by atoms with Crippen molar-refractivity contribution in [2.75, 3.05) is 13.2 Å². The molecule has 2 aliphatic rings. The number of nitrogens with zero attached hydrogens (tertiary/aromatic N) is 2. The minimum absolute atomic E-state index is 0.0860. The smallest absolute Gasteiger partial charge is 0.270 e. The average Bonchev–Trinajstić information content (AvgIpc) is 3.31. The van der Waals surface area contributed by atoms with Crippen LogP contribution in [0.25, 0.3) is 0 Å². The van der Waals surface area contributed by atoms with Crippen LogP contribution >= 0.6 is 0 Å². The van der Waals surface area contributed by atoms with E-state index in [1.54, 1.807) is 6.92 Å². The number of rotatable bonds is 5. The van der Waals surface area contributed by atoms with E-state index in [1.165, 1.54) is 18.2 Å². The van der Waals surface area contributed by atoms with E-state index in [0.717, 1.165) is 5.56 Å². The predicted octanol–water partition coefficient (Wildman–Crippen LogP) is 1.63. The number of nitro benzene ring substituents is 1. The molecule has 2 aromatic carbocycles. The summed E-state index contributed by atoms with van der Waals surface area (Å²) in [5.74, 6) is 0.453. The molecular weight excluding hydrogens is 404 g/mol. The van der Waals surface area contributed by atoms with Gasteiger partial charge in [-0.3, -0.25) is 10.1 Å². The number of fused-ring (bicyclic) bond motifs is 1. The normalized spacial score (nSPS) is 26.2. The largest absolute Gasteiger partial charge is 0.479 e. The summed E-state index contributed by atoms with van der Waals surface area (Å²) in [5.41, 5.74) is 6.07. The Hall–Kier alpha value is -3.21. The molecule has 3 unspecified atom stereocenters. The van der Waals surface area contributed by atoms with Gasteiger partial charge >= 0.3 is 0 Å². The third-order valence-electron chi connectivity index (χ3n) is 5.44. The number of nitro groups is 1. The Bertz CT molecular complexity index is 979. The molecule has 3 atom stereocenters. The van der Waals surface area contributed by atoms with E-state index >= 15 is 0 Å². The van der Waals surface area contributed by atoms with Crippen LogP contribution in [-0.2, 0) is 16.0 Å². The fraction of sp³-hybridized carbons (Fsp3) is 0.381. The summed E-state index contributed by atoms with van der Waals surface area (Å²) >= 11 is 0. The van der Waals surface area contributed by atoms with Crippen molar-refractivity contribution in [1.82, 2.24) is 5.32 Å². The molecule has 1 fully saturated rings. The number of benzene rings is 2. The van der Waals surface area contributed by atoms with Gasteiger partial charge in [-0.2, -0.15) is 0 Å². The molecule has 4 rings (SSSR count). The second kappa shape index (κ2) is 8.50. The Morgan fingerprint density at radius 1 is 1.29 bits per heavy atom. The topological polar surface area (TPSA) is 141 Å². The van der Waals surface area contributed by atoms with Crippen LogP contribution < -0.4 is 15.8 Å². The number of hydrogen-bond donors (Lipinski definition) is 3. The van der Waals surface area contributed by atoms with Crippen molar-refractivity contribution in [1.29, 1.82) is 0 Å². The van der Waals surface area contributed by atoms with Gasteiger partial charge < -0.3 is 30.4 Å². The maximum absolute atomic E-state index is 11.3. The van der Waals surface area contributed by atoms with E-state index in [1.807, 2.05) is 30.3 Å². The minimum Gasteiger partial charge on any atom is -0.479 e. The molecule has 10 heteroatoms. The number of non-ortho nitro benzene ring substituents is 1. The molecule has 4 N–H and O–H groups in total. The number of aliphatic hydroxyl groups excluding tert-OH is 1. The first kappa shape index (κ1) is 21.0. The Balaban J connectivity index is 1.66. The zero-order valence-corrected chi connectivity index (χ0v) is 16.9. The third kappa shape index (κ3) is 4.18. The molecule has 31 heavy (non-hydrogen) atoms. The average molecular weight is 428 g/mol. The van der Waals surface area contributed by atoms with Crippen LogP contribution in [0.2, 0.25) is 0 Å². The van der Waals surface area contributed by atoms with Gasteiger partial charge in [-0.05, 0) is 18.6 Å². The lowest BCUT2D eigenvalue weighted by Gasteiger charge is -2.45. The molecule has 164 valence electrons. The molecule has 0 saturated carbocycles. The number of ether oxygens (including phenoxy) is 3. The highest BCUT2D eigenvalue weighted by Crippen LogP contribution is 2.44. The van der Waals surface area contributed by atoms with Gasteiger partial charge in [0, 0.05) is 17.7 Å². The summed E-state index contributed by atoms with van der Waals surface area (Å²) in [6.45, 7) is 2.77. The summed E-state index contributed by atoms with van der Waals surface area (Å²) in [6.07, 6.45) is -2.01. The molecule has 0 spiro atoms. The quantitative estimate of drug-likeness (QED) is 0.282. The van der Waals surface area contributed by atoms with E-state index in [9.17, 15) is 15.2 Å². The van der Waals surface area contributed by atoms with Gasteiger partial charge in [0.1, 0.15) is 11.9 Å². The van der Waals surface area contributed by atoms with Gasteiger partial charge in [0.25, 0.3) is 5.69 Å². The lowest BCUT2D eigenvalue weighted by molar-refractivity contribution is -0.385. The summed E-state index contributed by atoms with van der Waals surface area (Å²) in [5, 5.41) is 25.5. The van der Waals surface area contributed by atoms with E-state index in [-0.39, 0.29) is 11.6 Å². The van der Waals surface area contributed by atoms with Crippen LogP contribution in [0.5, 0.6) is 5.75 Å². The van der Waals surface area contributed by atoms with Crippen molar-refractivity contribution >= 4 is 11.6 Å². The zero-order valence-electron chi connectivity index (χ0n) is 16.9. The lowest BCUT2D eigenvalue weighted by atomic mass is 9.84. The first-order valence-electron chi connectivity index (χ1n) is 9.87. The summed E-state index contributed by atoms with van der Waals surface area (Å²) in [7, 11) is 0. The number of nitrogens with one attached hydrogen (secondary N) is 1. The van der Waals surface area contributed by atoms with Crippen molar-refractivity contribution in [3.63, 3.8) is 0 Å². The van der Waals surface area contributed by atoms with Crippen molar-refractivity contribution < 1.29 is 24.2 Å². The van der Waals surface area contributed by atoms with E-state index in [0.29, 0.717) is 31.1 Å². The molecule has 0 radical (unpaired) electrons. The molecule has 10 nitrogen and oxygen atoms in total. The van der Waals surface area contributed by atoms with Crippen LogP contribution in [0.4, 0.5) is 5.69 Å². The van der Waals surface area contributed by atoms with E-state index < -0.39 is 29.0 Å². The first-order valence-corrected chi connectivity index (χ1v) is 9.87. The van der Waals surface area contributed by atoms with Crippen molar-refractivity contribution in [3.8, 4) is 5.75 Å². The highest BCUT2D eigenvalue weighted by molar-refractivity contribution is 5.78. The van der Waals surface area contributed by atoms with Crippen LogP contribution in [0, 0.1) is 10.1 Å². The molecule has 0 bridgehead atoms. The van der Waals surface area contributed by atoms with Gasteiger partial charge in [-0.1, -0.05) is 30.3 Å². The Kier molecular flexibility index (Phi) is 5.77. The number of hydrogen-bond acceptors (Lipinski definition) is 7. The maximum Gasteiger partial charge on any atom is 0.270 e. The molecular formula is C21H24N4O6. The van der Waals surface area contributed by atoms with E-state index in [2.05, 4.69) is 10.3 Å². The SMILES string of the molecule is CC1(C2OCCO2)Oc2ccc([N+](=O)[O-])cc2C(NC(N)=NCc2ccccc2)C1O. The molecule has 0 amide bonds. The second-order valence-corrected chi connectivity index (χ2v) is 7.59. The molecule has 0 aliphatic carbocycles. The molecule has 2 aliphatic heterocycles. The summed E-state index contributed by atoms with van der Waals surface area (Å²) in [4.78, 5) is 15.1. The highest BCUT2D eigenvalue weighted by atomic mass is 16.7.